The first-order valence-corrected chi connectivity index (χ1v) is 44.1. The molecule has 0 heterocycles. The molecular formula is C85H148O17P2. The summed E-state index contributed by atoms with van der Waals surface area (Å²) in [5.41, 5.74) is 0. The van der Waals surface area contributed by atoms with Gasteiger partial charge >= 0.3 is 39.5 Å². The van der Waals surface area contributed by atoms with Crippen molar-refractivity contribution in [3.8, 4) is 0 Å². The second kappa shape index (κ2) is 76.9. The van der Waals surface area contributed by atoms with Gasteiger partial charge in [-0.05, 0) is 154 Å². The van der Waals surface area contributed by atoms with Gasteiger partial charge in [0.2, 0.25) is 0 Å². The Balaban J connectivity index is 5.34. The Hall–Kier alpha value is -4.28. The molecule has 5 atom stereocenters. The Morgan fingerprint density at radius 2 is 0.490 bits per heavy atom. The molecule has 0 radical (unpaired) electrons. The number of phosphoric ester groups is 2. The molecule has 5 unspecified atom stereocenters. The first kappa shape index (κ1) is 99.7. The quantitative estimate of drug-likeness (QED) is 0.0169. The van der Waals surface area contributed by atoms with Crippen LogP contribution in [-0.4, -0.2) is 96.7 Å². The average molecular weight is 1500 g/mol. The molecule has 0 saturated heterocycles. The van der Waals surface area contributed by atoms with Crippen LogP contribution in [0.25, 0.3) is 0 Å². The number of hydrogen-bond donors (Lipinski definition) is 3. The monoisotopic (exact) mass is 1500 g/mol. The number of unbranched alkanes of at least 4 members (excludes halogenated alkanes) is 33. The predicted molar refractivity (Wildman–Crippen MR) is 427 cm³/mol. The highest BCUT2D eigenvalue weighted by Crippen LogP contribution is 2.45. The van der Waals surface area contributed by atoms with Crippen LogP contribution in [0, 0.1) is 0 Å². The Morgan fingerprint density at radius 3 is 0.788 bits per heavy atom. The number of aliphatic hydroxyl groups excluding tert-OH is 1. The predicted octanol–water partition coefficient (Wildman–Crippen LogP) is 24.1. The number of carbonyl (C=O) groups is 4. The molecule has 0 aromatic heterocycles. The molecule has 0 spiro atoms. The molecule has 104 heavy (non-hydrogen) atoms. The SMILES string of the molecule is CCC/C=C\C/C=C\CCCCCCCC(=O)OC(COC(=O)CCCCCCCC/C=C\C/C=C\C/C=C\CCCCC)COP(=O)(O)OCC(O)COP(=O)(O)OCC(COC(=O)CCCCCCCC/C=C\C/C=C\C/C=C\CCCCC)OC(=O)CCCCCCC/C=C\CCCCCC. The van der Waals surface area contributed by atoms with Gasteiger partial charge in [0.05, 0.1) is 26.4 Å². The fraction of sp³-hybridized carbons (Fsp3) is 0.741. The second-order valence-corrected chi connectivity index (χ2v) is 30.3. The summed E-state index contributed by atoms with van der Waals surface area (Å²) in [6, 6.07) is 0. The molecule has 17 nitrogen and oxygen atoms in total. The topological polar surface area (TPSA) is 237 Å². The number of rotatable bonds is 77. The number of hydrogen-bond acceptors (Lipinski definition) is 15. The van der Waals surface area contributed by atoms with Crippen LogP contribution in [0.1, 0.15) is 349 Å². The summed E-state index contributed by atoms with van der Waals surface area (Å²) in [5, 5.41) is 10.6. The molecule has 3 N–H and O–H groups in total. The maximum atomic E-state index is 13.1. The highest BCUT2D eigenvalue weighted by molar-refractivity contribution is 7.47. The lowest BCUT2D eigenvalue weighted by atomic mass is 10.1. The van der Waals surface area contributed by atoms with Crippen molar-refractivity contribution in [1.82, 2.24) is 0 Å². The first-order chi connectivity index (χ1) is 50.7. The molecule has 0 saturated carbocycles. The zero-order valence-electron chi connectivity index (χ0n) is 65.7. The van der Waals surface area contributed by atoms with E-state index in [1.807, 2.05) is 0 Å². The zero-order chi connectivity index (χ0) is 76.0. The summed E-state index contributed by atoms with van der Waals surface area (Å²) in [6.45, 7) is 4.72. The molecule has 0 aromatic rings. The maximum absolute atomic E-state index is 13.1. The minimum absolute atomic E-state index is 0.0747. The number of allylic oxidation sites excluding steroid dienone is 18. The van der Waals surface area contributed by atoms with E-state index in [1.165, 1.54) is 64.2 Å². The Kier molecular flexibility index (Phi) is 73.7. The summed E-state index contributed by atoms with van der Waals surface area (Å²) in [6.07, 6.45) is 83.4. The molecule has 0 bridgehead atoms. The molecular weight excluding hydrogens is 1350 g/mol. The van der Waals surface area contributed by atoms with Crippen molar-refractivity contribution in [1.29, 1.82) is 0 Å². The Labute approximate surface area is 632 Å². The highest BCUT2D eigenvalue weighted by atomic mass is 31.2. The standard InChI is InChI=1S/C85H148O17P2/c1-5-9-13-17-21-25-29-33-35-37-39-41-43-47-49-53-57-61-65-69-82(87)95-75-80(101-84(89)71-67-63-59-55-51-45-31-27-23-19-15-11-7-3)77-99-103(91,92)97-73-79(86)74-98-104(93,94)100-78-81(102-85(90)72-68-64-60-56-52-46-32-28-24-20-16-12-8-4)76-96-83(88)70-66-62-58-54-50-48-44-42-40-38-36-34-30-26-22-18-14-10-6-2/h15,19,21-22,25-28,31-36,39-42,79-81,86H,5-14,16-18,20,23-24,29-30,37-38,43-78H2,1-4H3,(H,91,92)(H,93,94)/b19-15-,25-21-,26-22-,31-27-,32-28-,35-33-,36-34-,41-39-,42-40-. The summed E-state index contributed by atoms with van der Waals surface area (Å²) in [5.74, 6) is -2.21. The molecule has 0 rings (SSSR count). The minimum Gasteiger partial charge on any atom is -0.462 e. The summed E-state index contributed by atoms with van der Waals surface area (Å²) in [4.78, 5) is 73.1. The van der Waals surface area contributed by atoms with E-state index in [9.17, 15) is 43.2 Å². The van der Waals surface area contributed by atoms with Gasteiger partial charge in [0, 0.05) is 25.7 Å². The molecule has 0 amide bonds. The molecule has 0 aliphatic heterocycles. The van der Waals surface area contributed by atoms with Gasteiger partial charge < -0.3 is 33.8 Å². The third-order valence-electron chi connectivity index (χ3n) is 17.2. The molecule has 600 valence electrons. The molecule has 19 heteroatoms. The number of esters is 4. The van der Waals surface area contributed by atoms with Crippen molar-refractivity contribution in [2.75, 3.05) is 39.6 Å². The normalized spacial score (nSPS) is 14.4. The van der Waals surface area contributed by atoms with Crippen molar-refractivity contribution >= 4 is 39.5 Å². The van der Waals surface area contributed by atoms with Gasteiger partial charge in [0.1, 0.15) is 19.3 Å². The van der Waals surface area contributed by atoms with Crippen LogP contribution in [-0.2, 0) is 65.4 Å². The molecule has 0 aliphatic carbocycles. The molecule has 0 aromatic carbocycles. The van der Waals surface area contributed by atoms with Crippen LogP contribution >= 0.6 is 15.6 Å². The van der Waals surface area contributed by atoms with E-state index in [0.717, 1.165) is 205 Å². The van der Waals surface area contributed by atoms with Gasteiger partial charge in [-0.1, -0.05) is 278 Å². The number of aliphatic hydroxyl groups is 1. The van der Waals surface area contributed by atoms with Crippen molar-refractivity contribution in [2.45, 2.75) is 367 Å². The number of carbonyl (C=O) groups excluding carboxylic acids is 4. The van der Waals surface area contributed by atoms with Gasteiger partial charge in [-0.15, -0.1) is 0 Å². The van der Waals surface area contributed by atoms with E-state index in [4.69, 9.17) is 37.0 Å². The summed E-state index contributed by atoms with van der Waals surface area (Å²) < 4.78 is 68.6. The number of phosphoric acid groups is 2. The Morgan fingerprint density at radius 1 is 0.269 bits per heavy atom. The van der Waals surface area contributed by atoms with E-state index in [0.29, 0.717) is 25.7 Å². The lowest BCUT2D eigenvalue weighted by molar-refractivity contribution is -0.161. The van der Waals surface area contributed by atoms with E-state index < -0.39 is 97.5 Å². The largest absolute Gasteiger partial charge is 0.472 e. The second-order valence-electron chi connectivity index (χ2n) is 27.3. The van der Waals surface area contributed by atoms with E-state index >= 15 is 0 Å². The lowest BCUT2D eigenvalue weighted by Gasteiger charge is -2.21. The maximum Gasteiger partial charge on any atom is 0.472 e. The van der Waals surface area contributed by atoms with Crippen molar-refractivity contribution in [3.63, 3.8) is 0 Å². The van der Waals surface area contributed by atoms with Crippen molar-refractivity contribution < 1.29 is 80.2 Å². The van der Waals surface area contributed by atoms with Gasteiger partial charge in [0.15, 0.2) is 12.2 Å². The van der Waals surface area contributed by atoms with E-state index in [2.05, 4.69) is 137 Å². The third kappa shape index (κ3) is 75.9. The van der Waals surface area contributed by atoms with Crippen LogP contribution < -0.4 is 0 Å². The van der Waals surface area contributed by atoms with Gasteiger partial charge in [-0.25, -0.2) is 9.13 Å². The zero-order valence-corrected chi connectivity index (χ0v) is 67.5. The Bertz CT molecular complexity index is 2390. The van der Waals surface area contributed by atoms with Gasteiger partial charge in [-0.3, -0.25) is 37.3 Å². The van der Waals surface area contributed by atoms with Crippen LogP contribution in [0.5, 0.6) is 0 Å². The molecule has 0 aliphatic rings. The average Bonchev–Trinajstić information content (AvgIpc) is 0.911. The third-order valence-corrected chi connectivity index (χ3v) is 19.1. The van der Waals surface area contributed by atoms with E-state index in [-0.39, 0.29) is 25.7 Å². The van der Waals surface area contributed by atoms with Crippen LogP contribution in [0.3, 0.4) is 0 Å². The fourth-order valence-corrected chi connectivity index (χ4v) is 12.4. The smallest absolute Gasteiger partial charge is 0.462 e. The molecule has 0 fully saturated rings. The summed E-state index contributed by atoms with van der Waals surface area (Å²) in [7, 11) is -9.97. The van der Waals surface area contributed by atoms with Crippen LogP contribution in [0.4, 0.5) is 0 Å². The summed E-state index contributed by atoms with van der Waals surface area (Å²) >= 11 is 0. The van der Waals surface area contributed by atoms with Crippen molar-refractivity contribution in [2.24, 2.45) is 0 Å². The van der Waals surface area contributed by atoms with E-state index in [1.54, 1.807) is 0 Å². The highest BCUT2D eigenvalue weighted by Gasteiger charge is 2.30. The van der Waals surface area contributed by atoms with Crippen LogP contribution in [0.15, 0.2) is 109 Å². The van der Waals surface area contributed by atoms with Gasteiger partial charge in [-0.2, -0.15) is 0 Å². The fourth-order valence-electron chi connectivity index (χ4n) is 10.9. The first-order valence-electron chi connectivity index (χ1n) is 41.1. The van der Waals surface area contributed by atoms with Crippen LogP contribution in [0.2, 0.25) is 0 Å². The lowest BCUT2D eigenvalue weighted by Crippen LogP contribution is -2.30. The minimum atomic E-state index is -4.98. The number of ether oxygens (including phenoxy) is 4. The van der Waals surface area contributed by atoms with Crippen molar-refractivity contribution in [3.05, 3.63) is 109 Å². The van der Waals surface area contributed by atoms with Gasteiger partial charge in [0.25, 0.3) is 0 Å².